The van der Waals surface area contributed by atoms with E-state index in [-0.39, 0.29) is 6.04 Å². The largest absolute Gasteiger partial charge is 0.397 e. The Labute approximate surface area is 99.3 Å². The Morgan fingerprint density at radius 2 is 2.12 bits per heavy atom. The molecular weight excluding hydrogens is 218 g/mol. The molecule has 0 amide bonds. The normalized spacial score (nSPS) is 12.4. The minimum Gasteiger partial charge on any atom is -0.397 e. The summed E-state index contributed by atoms with van der Waals surface area (Å²) in [7, 11) is 0. The minimum atomic E-state index is 0.273. The first kappa shape index (κ1) is 11.0. The number of nitrogens with two attached hydrogens (primary N) is 1. The molecule has 0 aromatic carbocycles. The lowest BCUT2D eigenvalue weighted by atomic mass is 10.2. The third-order valence-electron chi connectivity index (χ3n) is 2.34. The lowest BCUT2D eigenvalue weighted by Gasteiger charge is -2.12. The number of nitrogens with zero attached hydrogens (tertiary/aromatic N) is 1. The zero-order valence-corrected chi connectivity index (χ0v) is 10.2. The molecule has 0 aliphatic carbocycles. The highest BCUT2D eigenvalue weighted by molar-refractivity contribution is 7.12. The molecule has 3 N–H and O–H groups in total. The van der Waals surface area contributed by atoms with Crippen LogP contribution in [0.5, 0.6) is 0 Å². The number of aryl methyl sites for hydroxylation is 1. The Morgan fingerprint density at radius 1 is 1.31 bits per heavy atom. The van der Waals surface area contributed by atoms with Crippen LogP contribution in [0.15, 0.2) is 30.5 Å². The van der Waals surface area contributed by atoms with Crippen molar-refractivity contribution in [3.8, 4) is 0 Å². The average Bonchev–Trinajstić information content (AvgIpc) is 2.68. The van der Waals surface area contributed by atoms with Gasteiger partial charge >= 0.3 is 0 Å². The summed E-state index contributed by atoms with van der Waals surface area (Å²) in [5.41, 5.74) is 6.27. The van der Waals surface area contributed by atoms with Gasteiger partial charge in [0.1, 0.15) is 5.82 Å². The van der Waals surface area contributed by atoms with Gasteiger partial charge in [0.05, 0.1) is 17.9 Å². The van der Waals surface area contributed by atoms with E-state index in [1.54, 1.807) is 17.5 Å². The molecule has 2 heterocycles. The Balaban J connectivity index is 2.07. The molecule has 0 bridgehead atoms. The standard InChI is InChI=1S/C12H15N3S/c1-8-3-5-11(16-8)9(2)15-12-6-4-10(13)7-14-12/h3-7,9H,13H2,1-2H3,(H,14,15). The second-order valence-corrected chi connectivity index (χ2v) is 5.11. The minimum absolute atomic E-state index is 0.273. The molecule has 0 radical (unpaired) electrons. The summed E-state index contributed by atoms with van der Waals surface area (Å²) in [5, 5.41) is 3.34. The quantitative estimate of drug-likeness (QED) is 0.856. The molecule has 0 spiro atoms. The van der Waals surface area contributed by atoms with Gasteiger partial charge in [-0.1, -0.05) is 0 Å². The number of nitrogen functional groups attached to an aromatic ring is 1. The van der Waals surface area contributed by atoms with Crippen molar-refractivity contribution in [3.05, 3.63) is 40.2 Å². The van der Waals surface area contributed by atoms with Crippen LogP contribution in [-0.2, 0) is 0 Å². The Hall–Kier alpha value is -1.55. The predicted octanol–water partition coefficient (Wildman–Crippen LogP) is 3.21. The van der Waals surface area contributed by atoms with Gasteiger partial charge in [-0.05, 0) is 38.1 Å². The van der Waals surface area contributed by atoms with Crippen LogP contribution in [0.4, 0.5) is 11.5 Å². The fraction of sp³-hybridized carbons (Fsp3) is 0.250. The summed E-state index contributed by atoms with van der Waals surface area (Å²) >= 11 is 1.80. The first-order valence-electron chi connectivity index (χ1n) is 5.19. The van der Waals surface area contributed by atoms with E-state index in [1.807, 2.05) is 12.1 Å². The van der Waals surface area contributed by atoms with Gasteiger partial charge in [0, 0.05) is 9.75 Å². The number of hydrogen-bond donors (Lipinski definition) is 2. The van der Waals surface area contributed by atoms with E-state index in [1.165, 1.54) is 9.75 Å². The lowest BCUT2D eigenvalue weighted by molar-refractivity contribution is 0.897. The molecule has 1 unspecified atom stereocenters. The summed E-state index contributed by atoms with van der Waals surface area (Å²) in [4.78, 5) is 6.86. The van der Waals surface area contributed by atoms with Gasteiger partial charge in [-0.25, -0.2) is 4.98 Å². The van der Waals surface area contributed by atoms with Gasteiger partial charge in [-0.15, -0.1) is 11.3 Å². The molecule has 2 aromatic heterocycles. The zero-order chi connectivity index (χ0) is 11.5. The van der Waals surface area contributed by atoms with Crippen molar-refractivity contribution in [3.63, 3.8) is 0 Å². The molecule has 0 aliphatic heterocycles. The number of pyridine rings is 1. The van der Waals surface area contributed by atoms with E-state index in [2.05, 4.69) is 36.3 Å². The maximum atomic E-state index is 5.58. The number of nitrogens with one attached hydrogen (secondary N) is 1. The van der Waals surface area contributed by atoms with Crippen LogP contribution in [0.25, 0.3) is 0 Å². The number of rotatable bonds is 3. The highest BCUT2D eigenvalue weighted by Gasteiger charge is 2.07. The Bertz CT molecular complexity index is 461. The molecule has 2 aromatic rings. The maximum absolute atomic E-state index is 5.58. The molecule has 16 heavy (non-hydrogen) atoms. The van der Waals surface area contributed by atoms with Crippen LogP contribution < -0.4 is 11.1 Å². The molecule has 1 atom stereocenters. The van der Waals surface area contributed by atoms with Crippen LogP contribution in [0.1, 0.15) is 22.7 Å². The highest BCUT2D eigenvalue weighted by atomic mass is 32.1. The van der Waals surface area contributed by atoms with Gasteiger partial charge in [0.25, 0.3) is 0 Å². The second-order valence-electron chi connectivity index (χ2n) is 3.79. The van der Waals surface area contributed by atoms with Crippen LogP contribution >= 0.6 is 11.3 Å². The van der Waals surface area contributed by atoms with E-state index < -0.39 is 0 Å². The average molecular weight is 233 g/mol. The predicted molar refractivity (Wildman–Crippen MR) is 69.7 cm³/mol. The first-order valence-corrected chi connectivity index (χ1v) is 6.01. The lowest BCUT2D eigenvalue weighted by Crippen LogP contribution is -2.06. The third kappa shape index (κ3) is 2.52. The molecule has 0 saturated carbocycles. The number of anilines is 2. The SMILES string of the molecule is Cc1ccc(C(C)Nc2ccc(N)cn2)s1. The van der Waals surface area contributed by atoms with Crippen LogP contribution in [0.2, 0.25) is 0 Å². The molecule has 3 nitrogen and oxygen atoms in total. The molecular formula is C12H15N3S. The number of aromatic nitrogens is 1. The molecule has 0 saturated heterocycles. The van der Waals surface area contributed by atoms with Crippen molar-refractivity contribution in [1.29, 1.82) is 0 Å². The Kier molecular flexibility index (Phi) is 3.10. The van der Waals surface area contributed by atoms with E-state index in [4.69, 9.17) is 5.73 Å². The molecule has 84 valence electrons. The molecule has 2 rings (SSSR count). The van der Waals surface area contributed by atoms with Crippen molar-refractivity contribution in [2.24, 2.45) is 0 Å². The topological polar surface area (TPSA) is 50.9 Å². The fourth-order valence-corrected chi connectivity index (χ4v) is 2.35. The Morgan fingerprint density at radius 3 is 2.69 bits per heavy atom. The van der Waals surface area contributed by atoms with Crippen molar-refractivity contribution in [1.82, 2.24) is 4.98 Å². The van der Waals surface area contributed by atoms with Gasteiger partial charge in [0.15, 0.2) is 0 Å². The number of thiophene rings is 1. The van der Waals surface area contributed by atoms with Crippen molar-refractivity contribution in [2.45, 2.75) is 19.9 Å². The van der Waals surface area contributed by atoms with Gasteiger partial charge < -0.3 is 11.1 Å². The fourth-order valence-electron chi connectivity index (χ4n) is 1.47. The van der Waals surface area contributed by atoms with Crippen LogP contribution in [-0.4, -0.2) is 4.98 Å². The van der Waals surface area contributed by atoms with Gasteiger partial charge in [-0.2, -0.15) is 0 Å². The van der Waals surface area contributed by atoms with Crippen LogP contribution in [0, 0.1) is 6.92 Å². The summed E-state index contributed by atoms with van der Waals surface area (Å²) in [5.74, 6) is 0.854. The smallest absolute Gasteiger partial charge is 0.126 e. The molecule has 0 aliphatic rings. The molecule has 0 fully saturated rings. The van der Waals surface area contributed by atoms with Gasteiger partial charge in [0.2, 0.25) is 0 Å². The van der Waals surface area contributed by atoms with Crippen molar-refractivity contribution in [2.75, 3.05) is 11.1 Å². The van der Waals surface area contributed by atoms with Gasteiger partial charge in [-0.3, -0.25) is 0 Å². The second kappa shape index (κ2) is 4.53. The summed E-state index contributed by atoms with van der Waals surface area (Å²) in [6.07, 6.45) is 1.66. The maximum Gasteiger partial charge on any atom is 0.126 e. The van der Waals surface area contributed by atoms with E-state index >= 15 is 0 Å². The third-order valence-corrected chi connectivity index (χ3v) is 3.52. The van der Waals surface area contributed by atoms with E-state index in [0.29, 0.717) is 5.69 Å². The summed E-state index contributed by atoms with van der Waals surface area (Å²) in [6.45, 7) is 4.24. The monoisotopic (exact) mass is 233 g/mol. The zero-order valence-electron chi connectivity index (χ0n) is 9.40. The van der Waals surface area contributed by atoms with Crippen LogP contribution in [0.3, 0.4) is 0 Å². The number of hydrogen-bond acceptors (Lipinski definition) is 4. The van der Waals surface area contributed by atoms with E-state index in [0.717, 1.165) is 5.82 Å². The summed E-state index contributed by atoms with van der Waals surface area (Å²) < 4.78 is 0. The van der Waals surface area contributed by atoms with E-state index in [9.17, 15) is 0 Å². The van der Waals surface area contributed by atoms with Crippen molar-refractivity contribution >= 4 is 22.8 Å². The summed E-state index contributed by atoms with van der Waals surface area (Å²) in [6, 6.07) is 8.30. The molecule has 4 heteroatoms. The first-order chi connectivity index (χ1) is 7.65. The van der Waals surface area contributed by atoms with Crippen molar-refractivity contribution < 1.29 is 0 Å². The highest BCUT2D eigenvalue weighted by Crippen LogP contribution is 2.25.